The number of nitrogens with zero attached hydrogens (tertiary/aromatic N) is 2. The van der Waals surface area contributed by atoms with Crippen LogP contribution >= 0.6 is 0 Å². The second kappa shape index (κ2) is 6.87. The zero-order valence-electron chi connectivity index (χ0n) is 14.2. The lowest BCUT2D eigenvalue weighted by molar-refractivity contribution is -0.137. The highest BCUT2D eigenvalue weighted by molar-refractivity contribution is 5.76. The highest BCUT2D eigenvalue weighted by atomic mass is 19.4. The summed E-state index contributed by atoms with van der Waals surface area (Å²) in [5, 5.41) is 13.4. The largest absolute Gasteiger partial charge is 0.434 e. The van der Waals surface area contributed by atoms with Crippen molar-refractivity contribution in [3.05, 3.63) is 60.0 Å². The van der Waals surface area contributed by atoms with Crippen LogP contribution in [0.4, 0.5) is 29.3 Å². The second-order valence-electron chi connectivity index (χ2n) is 5.97. The van der Waals surface area contributed by atoms with Crippen molar-refractivity contribution >= 4 is 17.5 Å². The van der Waals surface area contributed by atoms with E-state index in [0.29, 0.717) is 16.9 Å². The van der Waals surface area contributed by atoms with Gasteiger partial charge >= 0.3 is 12.3 Å². The Morgan fingerprint density at radius 2 is 1.82 bits per heavy atom. The first-order valence-electron chi connectivity index (χ1n) is 8.22. The maximum atomic E-state index is 12.7. The minimum Gasteiger partial charge on any atom is -0.434 e. The third-order valence-corrected chi connectivity index (χ3v) is 4.05. The highest BCUT2D eigenvalue weighted by Gasteiger charge is 2.30. The predicted molar refractivity (Wildman–Crippen MR) is 91.7 cm³/mol. The molecule has 2 aromatic carbocycles. The number of carbonyl (C=O) groups excluding carboxylic acids is 1. The number of alkyl halides is 3. The fourth-order valence-corrected chi connectivity index (χ4v) is 2.68. The minimum absolute atomic E-state index is 0.151. The molecule has 0 bridgehead atoms. The Morgan fingerprint density at radius 3 is 2.50 bits per heavy atom. The Bertz CT molecular complexity index is 1000. The summed E-state index contributed by atoms with van der Waals surface area (Å²) in [5.74, 6) is 0.339. The molecule has 7 nitrogen and oxygen atoms in total. The van der Waals surface area contributed by atoms with E-state index < -0.39 is 23.9 Å². The number of ether oxygens (including phenoxy) is 1. The number of rotatable bonds is 4. The van der Waals surface area contributed by atoms with Gasteiger partial charge in [-0.3, -0.25) is 0 Å². The fourth-order valence-electron chi connectivity index (χ4n) is 2.68. The lowest BCUT2D eigenvalue weighted by Gasteiger charge is -2.11. The number of halogens is 3. The molecule has 4 rings (SSSR count). The Kier molecular flexibility index (Phi) is 4.38. The summed E-state index contributed by atoms with van der Waals surface area (Å²) >= 11 is 0. The van der Waals surface area contributed by atoms with E-state index in [9.17, 15) is 18.0 Å². The van der Waals surface area contributed by atoms with Gasteiger partial charge in [-0.25, -0.2) is 4.79 Å². The van der Waals surface area contributed by atoms with E-state index in [0.717, 1.165) is 12.1 Å². The molecule has 144 valence electrons. The van der Waals surface area contributed by atoms with Crippen molar-refractivity contribution < 1.29 is 27.1 Å². The van der Waals surface area contributed by atoms with Crippen molar-refractivity contribution in [1.82, 2.24) is 15.5 Å². The van der Waals surface area contributed by atoms with Gasteiger partial charge in [-0.05, 0) is 36.4 Å². The monoisotopic (exact) mass is 390 g/mol. The van der Waals surface area contributed by atoms with E-state index in [2.05, 4.69) is 20.8 Å². The molecule has 1 amide bonds. The molecule has 0 aliphatic carbocycles. The Balaban J connectivity index is 1.58. The van der Waals surface area contributed by atoms with Crippen LogP contribution in [0.2, 0.25) is 0 Å². The van der Waals surface area contributed by atoms with Crippen molar-refractivity contribution in [3.63, 3.8) is 0 Å². The maximum absolute atomic E-state index is 12.7. The summed E-state index contributed by atoms with van der Waals surface area (Å²) in [7, 11) is 0. The quantitative estimate of drug-likeness (QED) is 0.691. The first-order valence-corrected chi connectivity index (χ1v) is 8.22. The van der Waals surface area contributed by atoms with Crippen molar-refractivity contribution in [2.45, 2.75) is 12.3 Å². The number of aromatic nitrogens is 2. The summed E-state index contributed by atoms with van der Waals surface area (Å²) in [5.41, 5.74) is 0.860. The van der Waals surface area contributed by atoms with Crippen LogP contribution in [-0.4, -0.2) is 22.8 Å². The van der Waals surface area contributed by atoms with Crippen LogP contribution < -0.4 is 10.6 Å². The first kappa shape index (κ1) is 17.8. The van der Waals surface area contributed by atoms with E-state index >= 15 is 0 Å². The molecule has 2 N–H and O–H groups in total. The second-order valence-corrected chi connectivity index (χ2v) is 5.97. The van der Waals surface area contributed by atoms with E-state index in [1.165, 1.54) is 12.1 Å². The van der Waals surface area contributed by atoms with Crippen LogP contribution in [0.15, 0.2) is 52.9 Å². The lowest BCUT2D eigenvalue weighted by Crippen LogP contribution is -2.12. The molecule has 1 unspecified atom stereocenters. The van der Waals surface area contributed by atoms with E-state index in [4.69, 9.17) is 9.15 Å². The molecule has 10 heteroatoms. The van der Waals surface area contributed by atoms with Crippen molar-refractivity contribution in [2.24, 2.45) is 0 Å². The topological polar surface area (TPSA) is 89.3 Å². The smallest absolute Gasteiger partial charge is 0.416 e. The molecule has 0 spiro atoms. The van der Waals surface area contributed by atoms with Crippen LogP contribution in [0, 0.1) is 0 Å². The minimum atomic E-state index is -4.39. The van der Waals surface area contributed by atoms with Crippen LogP contribution in [-0.2, 0) is 10.9 Å². The summed E-state index contributed by atoms with van der Waals surface area (Å²) in [6.45, 7) is 0.228. The van der Waals surface area contributed by atoms with Gasteiger partial charge in [0, 0.05) is 5.69 Å². The molecule has 1 aliphatic rings. The summed E-state index contributed by atoms with van der Waals surface area (Å²) in [6, 6.07) is 11.6. The average molecular weight is 390 g/mol. The maximum Gasteiger partial charge on any atom is 0.416 e. The van der Waals surface area contributed by atoms with Gasteiger partial charge in [-0.2, -0.15) is 13.2 Å². The molecule has 1 aromatic heterocycles. The van der Waals surface area contributed by atoms with Gasteiger partial charge in [0.1, 0.15) is 0 Å². The third kappa shape index (κ3) is 3.61. The molecule has 1 fully saturated rings. The number of hydrogen-bond donors (Lipinski definition) is 2. The standard InChI is InChI=1S/C18H13F3N4O3/c19-18(20,21)10-5-7-11(8-6-10)23-13-4-2-1-3-12(13)15-24-25-16(28-15)14-9-22-17(26)27-14/h1-8,14,23H,9H2,(H,22,26). The first-order chi connectivity index (χ1) is 13.4. The molecule has 3 aromatic rings. The molecule has 0 saturated carbocycles. The number of amides is 1. The number of alkyl carbamates (subject to hydrolysis) is 1. The molecular weight excluding hydrogens is 377 g/mol. The number of para-hydroxylation sites is 1. The van der Waals surface area contributed by atoms with Crippen LogP contribution in [0.1, 0.15) is 17.6 Å². The van der Waals surface area contributed by atoms with Crippen LogP contribution in [0.25, 0.3) is 11.5 Å². The number of nitrogens with one attached hydrogen (secondary N) is 2. The van der Waals surface area contributed by atoms with Crippen molar-refractivity contribution in [2.75, 3.05) is 11.9 Å². The summed E-state index contributed by atoms with van der Waals surface area (Å²) in [4.78, 5) is 11.1. The Morgan fingerprint density at radius 1 is 1.07 bits per heavy atom. The van der Waals surface area contributed by atoms with Crippen LogP contribution in [0.5, 0.6) is 0 Å². The molecule has 1 saturated heterocycles. The average Bonchev–Trinajstić information content (AvgIpc) is 3.31. The SMILES string of the molecule is O=C1NCC(c2nnc(-c3ccccc3Nc3ccc(C(F)(F)F)cc3)o2)O1. The predicted octanol–water partition coefficient (Wildman–Crippen LogP) is 4.28. The van der Waals surface area contributed by atoms with E-state index in [1.807, 2.05) is 0 Å². The third-order valence-electron chi connectivity index (χ3n) is 4.05. The Labute approximate surface area is 156 Å². The normalized spacial score (nSPS) is 16.5. The molecule has 28 heavy (non-hydrogen) atoms. The van der Waals surface area contributed by atoms with E-state index in [-0.39, 0.29) is 18.3 Å². The van der Waals surface area contributed by atoms with Gasteiger partial charge in [0.25, 0.3) is 5.89 Å². The van der Waals surface area contributed by atoms with E-state index in [1.54, 1.807) is 24.3 Å². The molecule has 1 aliphatic heterocycles. The van der Waals surface area contributed by atoms with Gasteiger partial charge in [-0.1, -0.05) is 12.1 Å². The van der Waals surface area contributed by atoms with Gasteiger partial charge in [0.15, 0.2) is 6.10 Å². The Hall–Kier alpha value is -3.56. The molecular formula is C18H13F3N4O3. The fraction of sp³-hybridized carbons (Fsp3) is 0.167. The zero-order chi connectivity index (χ0) is 19.7. The summed E-state index contributed by atoms with van der Waals surface area (Å²) < 4.78 is 48.7. The zero-order valence-corrected chi connectivity index (χ0v) is 14.2. The number of carbonyl (C=O) groups is 1. The molecule has 0 radical (unpaired) electrons. The lowest BCUT2D eigenvalue weighted by atomic mass is 10.1. The number of cyclic esters (lactones) is 1. The number of benzene rings is 2. The van der Waals surface area contributed by atoms with Crippen LogP contribution in [0.3, 0.4) is 0 Å². The molecule has 1 atom stereocenters. The highest BCUT2D eigenvalue weighted by Crippen LogP contribution is 2.33. The number of hydrogen-bond acceptors (Lipinski definition) is 6. The van der Waals surface area contributed by atoms with Gasteiger partial charge in [-0.15, -0.1) is 10.2 Å². The molecule has 2 heterocycles. The van der Waals surface area contributed by atoms with Gasteiger partial charge < -0.3 is 19.8 Å². The summed E-state index contributed by atoms with van der Waals surface area (Å²) in [6.07, 6.45) is -5.62. The number of anilines is 2. The van der Waals surface area contributed by atoms with Gasteiger partial charge in [0.2, 0.25) is 5.89 Å². The van der Waals surface area contributed by atoms with Crippen molar-refractivity contribution in [1.29, 1.82) is 0 Å². The van der Waals surface area contributed by atoms with Crippen molar-refractivity contribution in [3.8, 4) is 11.5 Å². The van der Waals surface area contributed by atoms with Gasteiger partial charge in [0.05, 0.1) is 23.4 Å².